The fourth-order valence-electron chi connectivity index (χ4n) is 1.94. The molecule has 19 heavy (non-hydrogen) atoms. The molecule has 0 spiro atoms. The lowest BCUT2D eigenvalue weighted by molar-refractivity contribution is 0.785. The number of hydrogen-bond donors (Lipinski definition) is 0. The molecule has 2 rings (SSSR count). The maximum atomic E-state index is 8.80. The predicted octanol–water partition coefficient (Wildman–Crippen LogP) is 3.89. The van der Waals surface area contributed by atoms with Gasteiger partial charge >= 0.3 is 0 Å². The third-order valence-electron chi connectivity index (χ3n) is 2.98. The van der Waals surface area contributed by atoms with Crippen LogP contribution in [0.1, 0.15) is 25.5 Å². The van der Waals surface area contributed by atoms with Crippen LogP contribution < -0.4 is 4.90 Å². The zero-order valence-electron chi connectivity index (χ0n) is 11.1. The molecule has 3 heteroatoms. The van der Waals surface area contributed by atoms with E-state index in [4.69, 9.17) is 5.26 Å². The molecule has 0 unspecified atom stereocenters. The van der Waals surface area contributed by atoms with E-state index >= 15 is 0 Å². The first-order chi connectivity index (χ1) is 9.35. The van der Waals surface area contributed by atoms with Crippen molar-refractivity contribution in [3.05, 3.63) is 54.4 Å². The molecular weight excluding hydrogens is 234 g/mol. The quantitative estimate of drug-likeness (QED) is 0.809. The van der Waals surface area contributed by atoms with Crippen LogP contribution in [-0.2, 0) is 0 Å². The Labute approximate surface area is 114 Å². The Morgan fingerprint density at radius 3 is 2.47 bits per heavy atom. The molecule has 0 bridgehead atoms. The third kappa shape index (κ3) is 3.32. The van der Waals surface area contributed by atoms with Crippen molar-refractivity contribution in [1.82, 2.24) is 4.98 Å². The minimum atomic E-state index is 0.451. The Morgan fingerprint density at radius 2 is 1.89 bits per heavy atom. The monoisotopic (exact) mass is 251 g/mol. The zero-order valence-corrected chi connectivity index (χ0v) is 11.1. The van der Waals surface area contributed by atoms with Crippen LogP contribution in [0.25, 0.3) is 0 Å². The molecule has 0 atom stereocenters. The number of nitriles is 1. The van der Waals surface area contributed by atoms with Gasteiger partial charge in [-0.15, -0.1) is 0 Å². The summed E-state index contributed by atoms with van der Waals surface area (Å²) in [6.45, 7) is 3.13. The van der Waals surface area contributed by atoms with Crippen molar-refractivity contribution in [2.75, 3.05) is 11.4 Å². The number of nitrogens with zero attached hydrogens (tertiary/aromatic N) is 3. The van der Waals surface area contributed by atoms with Crippen LogP contribution in [0.15, 0.2) is 48.7 Å². The van der Waals surface area contributed by atoms with Gasteiger partial charge in [0.1, 0.15) is 11.8 Å². The molecule has 2 aromatic rings. The lowest BCUT2D eigenvalue weighted by atomic mass is 10.2. The molecule has 0 fully saturated rings. The van der Waals surface area contributed by atoms with E-state index in [-0.39, 0.29) is 0 Å². The average molecular weight is 251 g/mol. The number of benzene rings is 1. The number of unbranched alkanes of at least 4 members (excludes halogenated alkanes) is 1. The highest BCUT2D eigenvalue weighted by molar-refractivity contribution is 5.62. The van der Waals surface area contributed by atoms with Crippen molar-refractivity contribution in [3.8, 4) is 6.07 Å². The van der Waals surface area contributed by atoms with E-state index in [1.165, 1.54) is 0 Å². The Balaban J connectivity index is 2.29. The molecule has 1 aromatic heterocycles. The van der Waals surface area contributed by atoms with Crippen molar-refractivity contribution >= 4 is 11.4 Å². The first-order valence-corrected chi connectivity index (χ1v) is 6.54. The normalized spacial score (nSPS) is 9.89. The summed E-state index contributed by atoms with van der Waals surface area (Å²) in [6, 6.07) is 16.0. The van der Waals surface area contributed by atoms with Gasteiger partial charge in [-0.1, -0.05) is 31.5 Å². The van der Waals surface area contributed by atoms with E-state index in [2.05, 4.69) is 28.9 Å². The molecule has 0 N–H and O–H groups in total. The van der Waals surface area contributed by atoms with Crippen LogP contribution in [0.3, 0.4) is 0 Å². The minimum Gasteiger partial charge on any atom is -0.340 e. The summed E-state index contributed by atoms with van der Waals surface area (Å²) in [5.74, 6) is 0. The van der Waals surface area contributed by atoms with Crippen LogP contribution in [0.2, 0.25) is 0 Å². The highest BCUT2D eigenvalue weighted by atomic mass is 15.1. The van der Waals surface area contributed by atoms with Gasteiger partial charge in [0.05, 0.1) is 11.9 Å². The van der Waals surface area contributed by atoms with E-state index < -0.39 is 0 Å². The number of anilines is 2. The molecular formula is C16H17N3. The fraction of sp³-hybridized carbons (Fsp3) is 0.250. The number of pyridine rings is 1. The van der Waals surface area contributed by atoms with Crippen molar-refractivity contribution in [2.24, 2.45) is 0 Å². The van der Waals surface area contributed by atoms with E-state index in [1.807, 2.05) is 30.3 Å². The number of rotatable bonds is 5. The molecule has 96 valence electrons. The van der Waals surface area contributed by atoms with E-state index in [0.29, 0.717) is 5.69 Å². The minimum absolute atomic E-state index is 0.451. The smallest absolute Gasteiger partial charge is 0.140 e. The summed E-state index contributed by atoms with van der Waals surface area (Å²) in [5.41, 5.74) is 2.63. The van der Waals surface area contributed by atoms with Gasteiger partial charge in [-0.05, 0) is 30.7 Å². The first kappa shape index (κ1) is 13.1. The van der Waals surface area contributed by atoms with Gasteiger partial charge in [-0.3, -0.25) is 0 Å². The van der Waals surface area contributed by atoms with Crippen LogP contribution in [0.5, 0.6) is 0 Å². The van der Waals surface area contributed by atoms with Gasteiger partial charge in [0, 0.05) is 12.2 Å². The van der Waals surface area contributed by atoms with Gasteiger partial charge < -0.3 is 4.90 Å². The molecule has 0 radical (unpaired) electrons. The lowest BCUT2D eigenvalue weighted by Gasteiger charge is -2.24. The van der Waals surface area contributed by atoms with Crippen LogP contribution in [-0.4, -0.2) is 11.5 Å². The van der Waals surface area contributed by atoms with Gasteiger partial charge in [0.25, 0.3) is 0 Å². The van der Waals surface area contributed by atoms with Crippen molar-refractivity contribution in [3.63, 3.8) is 0 Å². The van der Waals surface area contributed by atoms with Gasteiger partial charge in [-0.25, -0.2) is 4.98 Å². The van der Waals surface area contributed by atoms with Crippen LogP contribution in [0.4, 0.5) is 11.4 Å². The summed E-state index contributed by atoms with van der Waals surface area (Å²) < 4.78 is 0. The fourth-order valence-corrected chi connectivity index (χ4v) is 1.94. The highest BCUT2D eigenvalue weighted by Gasteiger charge is 2.08. The number of para-hydroxylation sites is 1. The van der Waals surface area contributed by atoms with Crippen molar-refractivity contribution in [1.29, 1.82) is 5.26 Å². The second-order valence-corrected chi connectivity index (χ2v) is 4.35. The molecule has 0 aliphatic rings. The summed E-state index contributed by atoms with van der Waals surface area (Å²) >= 11 is 0. The summed E-state index contributed by atoms with van der Waals surface area (Å²) in [5, 5.41) is 8.80. The SMILES string of the molecule is CCCCN(c1ccccc1)c1ccc(C#N)nc1. The molecule has 1 aromatic carbocycles. The summed E-state index contributed by atoms with van der Waals surface area (Å²) in [6.07, 6.45) is 4.03. The second kappa shape index (κ2) is 6.55. The average Bonchev–Trinajstić information content (AvgIpc) is 2.49. The topological polar surface area (TPSA) is 39.9 Å². The van der Waals surface area contributed by atoms with Crippen LogP contribution >= 0.6 is 0 Å². The molecule has 0 amide bonds. The molecule has 1 heterocycles. The lowest BCUT2D eigenvalue weighted by Crippen LogP contribution is -2.18. The summed E-state index contributed by atoms with van der Waals surface area (Å²) in [7, 11) is 0. The van der Waals surface area contributed by atoms with Gasteiger partial charge in [0.2, 0.25) is 0 Å². The van der Waals surface area contributed by atoms with Gasteiger partial charge in [0.15, 0.2) is 0 Å². The Morgan fingerprint density at radius 1 is 1.11 bits per heavy atom. The van der Waals surface area contributed by atoms with Gasteiger partial charge in [-0.2, -0.15) is 5.26 Å². The third-order valence-corrected chi connectivity index (χ3v) is 2.98. The maximum absolute atomic E-state index is 8.80. The maximum Gasteiger partial charge on any atom is 0.140 e. The highest BCUT2D eigenvalue weighted by Crippen LogP contribution is 2.24. The molecule has 0 aliphatic carbocycles. The van der Waals surface area contributed by atoms with Crippen molar-refractivity contribution in [2.45, 2.75) is 19.8 Å². The zero-order chi connectivity index (χ0) is 13.5. The molecule has 0 saturated heterocycles. The Kier molecular flexibility index (Phi) is 4.52. The number of aromatic nitrogens is 1. The van der Waals surface area contributed by atoms with E-state index in [9.17, 15) is 0 Å². The standard InChI is InChI=1S/C16H17N3/c1-2-3-11-19(15-7-5-4-6-8-15)16-10-9-14(12-17)18-13-16/h4-10,13H,2-3,11H2,1H3. The Hall–Kier alpha value is -2.34. The number of hydrogen-bond acceptors (Lipinski definition) is 3. The van der Waals surface area contributed by atoms with E-state index in [0.717, 1.165) is 30.8 Å². The Bertz CT molecular complexity index is 540. The summed E-state index contributed by atoms with van der Waals surface area (Å²) in [4.78, 5) is 6.38. The molecule has 0 aliphatic heterocycles. The predicted molar refractivity (Wildman–Crippen MR) is 77.3 cm³/mol. The molecule has 0 saturated carbocycles. The molecule has 3 nitrogen and oxygen atoms in total. The van der Waals surface area contributed by atoms with Crippen LogP contribution in [0, 0.1) is 11.3 Å². The van der Waals surface area contributed by atoms with Crippen molar-refractivity contribution < 1.29 is 0 Å². The first-order valence-electron chi connectivity index (χ1n) is 6.54. The second-order valence-electron chi connectivity index (χ2n) is 4.35. The van der Waals surface area contributed by atoms with E-state index in [1.54, 1.807) is 12.3 Å². The largest absolute Gasteiger partial charge is 0.340 e.